The monoisotopic (exact) mass is 412 g/mol. The lowest BCUT2D eigenvalue weighted by atomic mass is 10.0. The molecule has 28 heavy (non-hydrogen) atoms. The zero-order chi connectivity index (χ0) is 19.5. The minimum atomic E-state index is -0.349. The van der Waals surface area contributed by atoms with E-state index in [1.165, 1.54) is 0 Å². The fourth-order valence-corrected chi connectivity index (χ4v) is 4.47. The predicted octanol–water partition coefficient (Wildman–Crippen LogP) is 4.48. The summed E-state index contributed by atoms with van der Waals surface area (Å²) in [6, 6.07) is 13.3. The van der Waals surface area contributed by atoms with Gasteiger partial charge in [0.15, 0.2) is 0 Å². The van der Waals surface area contributed by atoms with Crippen LogP contribution < -0.4 is 5.32 Å². The molecule has 0 spiro atoms. The molecule has 0 radical (unpaired) electrons. The third-order valence-corrected chi connectivity index (χ3v) is 6.00. The molecule has 2 aromatic heterocycles. The Morgan fingerprint density at radius 2 is 2.11 bits per heavy atom. The predicted molar refractivity (Wildman–Crippen MR) is 111 cm³/mol. The number of carbonyl (C=O) groups excluding carboxylic acids is 1. The Hall–Kier alpha value is -2.58. The summed E-state index contributed by atoms with van der Waals surface area (Å²) in [5.41, 5.74) is 2.25. The topological polar surface area (TPSA) is 69.0 Å². The van der Waals surface area contributed by atoms with Gasteiger partial charge in [0.2, 0.25) is 11.1 Å². The molecule has 1 aliphatic rings. The molecular formula is C20H20N4O2S2. The highest BCUT2D eigenvalue weighted by Crippen LogP contribution is 2.38. The number of nitrogens with one attached hydrogen (secondary N) is 1. The molecule has 0 bridgehead atoms. The number of aromatic nitrogens is 3. The Bertz CT molecular complexity index is 997. The first-order chi connectivity index (χ1) is 13.7. The number of esters is 1. The van der Waals surface area contributed by atoms with Gasteiger partial charge in [-0.2, -0.15) is 4.98 Å². The van der Waals surface area contributed by atoms with Crippen LogP contribution in [0.4, 0.5) is 5.95 Å². The summed E-state index contributed by atoms with van der Waals surface area (Å²) in [5.74, 6) is 1.18. The SMILES string of the molecule is CCSc1nc2n(n1)C(c1cccs1)C(C(=O)OCc1ccccc1)=C(C)N2. The van der Waals surface area contributed by atoms with E-state index in [1.807, 2.05) is 54.8 Å². The van der Waals surface area contributed by atoms with Gasteiger partial charge in [-0.3, -0.25) is 0 Å². The maximum absolute atomic E-state index is 13.0. The smallest absolute Gasteiger partial charge is 0.338 e. The number of benzene rings is 1. The maximum Gasteiger partial charge on any atom is 0.338 e. The van der Waals surface area contributed by atoms with Crippen LogP contribution in [0, 0.1) is 0 Å². The number of rotatable bonds is 6. The zero-order valence-electron chi connectivity index (χ0n) is 15.6. The Morgan fingerprint density at radius 1 is 1.29 bits per heavy atom. The van der Waals surface area contributed by atoms with Crippen molar-refractivity contribution in [3.8, 4) is 0 Å². The molecule has 1 atom stereocenters. The number of nitrogens with zero attached hydrogens (tertiary/aromatic N) is 3. The summed E-state index contributed by atoms with van der Waals surface area (Å²) >= 11 is 3.16. The molecule has 144 valence electrons. The highest BCUT2D eigenvalue weighted by Gasteiger charge is 2.35. The van der Waals surface area contributed by atoms with Gasteiger partial charge in [-0.15, -0.1) is 16.4 Å². The van der Waals surface area contributed by atoms with Crippen molar-refractivity contribution in [1.82, 2.24) is 14.8 Å². The van der Waals surface area contributed by atoms with E-state index in [2.05, 4.69) is 22.3 Å². The molecular weight excluding hydrogens is 392 g/mol. The number of carbonyl (C=O) groups is 1. The van der Waals surface area contributed by atoms with Gasteiger partial charge in [-0.05, 0) is 29.7 Å². The molecule has 1 aromatic carbocycles. The summed E-state index contributed by atoms with van der Waals surface area (Å²) in [6.45, 7) is 4.17. The lowest BCUT2D eigenvalue weighted by Gasteiger charge is -2.27. The van der Waals surface area contributed by atoms with Crippen molar-refractivity contribution in [2.75, 3.05) is 11.1 Å². The number of hydrogen-bond donors (Lipinski definition) is 1. The molecule has 4 rings (SSSR count). The number of allylic oxidation sites excluding steroid dienone is 1. The van der Waals surface area contributed by atoms with E-state index in [4.69, 9.17) is 4.74 Å². The van der Waals surface area contributed by atoms with Crippen molar-refractivity contribution in [3.63, 3.8) is 0 Å². The molecule has 3 aromatic rings. The van der Waals surface area contributed by atoms with Gasteiger partial charge in [0, 0.05) is 10.6 Å². The summed E-state index contributed by atoms with van der Waals surface area (Å²) in [7, 11) is 0. The summed E-state index contributed by atoms with van der Waals surface area (Å²) < 4.78 is 7.42. The zero-order valence-corrected chi connectivity index (χ0v) is 17.2. The molecule has 0 saturated heterocycles. The van der Waals surface area contributed by atoms with E-state index in [0.717, 1.165) is 21.9 Å². The molecule has 8 heteroatoms. The van der Waals surface area contributed by atoms with Gasteiger partial charge in [0.25, 0.3) is 0 Å². The highest BCUT2D eigenvalue weighted by atomic mass is 32.2. The largest absolute Gasteiger partial charge is 0.457 e. The molecule has 0 amide bonds. The molecule has 1 aliphatic heterocycles. The third-order valence-electron chi connectivity index (χ3n) is 4.35. The maximum atomic E-state index is 13.0. The van der Waals surface area contributed by atoms with Crippen LogP contribution in [0.5, 0.6) is 0 Å². The molecule has 0 saturated carbocycles. The first-order valence-electron chi connectivity index (χ1n) is 8.99. The summed E-state index contributed by atoms with van der Waals surface area (Å²) in [6.07, 6.45) is 0. The van der Waals surface area contributed by atoms with E-state index >= 15 is 0 Å². The van der Waals surface area contributed by atoms with Crippen molar-refractivity contribution in [2.45, 2.75) is 31.7 Å². The van der Waals surface area contributed by atoms with Crippen molar-refractivity contribution in [2.24, 2.45) is 0 Å². The van der Waals surface area contributed by atoms with Crippen molar-refractivity contribution < 1.29 is 9.53 Å². The molecule has 0 fully saturated rings. The Kier molecular flexibility index (Phi) is 5.50. The highest BCUT2D eigenvalue weighted by molar-refractivity contribution is 7.99. The number of hydrogen-bond acceptors (Lipinski definition) is 7. The minimum Gasteiger partial charge on any atom is -0.457 e. The lowest BCUT2D eigenvalue weighted by molar-refractivity contribution is -0.140. The van der Waals surface area contributed by atoms with Gasteiger partial charge in [0.05, 0.1) is 5.57 Å². The van der Waals surface area contributed by atoms with Crippen molar-refractivity contribution >= 4 is 35.0 Å². The third kappa shape index (κ3) is 3.70. The van der Waals surface area contributed by atoms with E-state index < -0.39 is 0 Å². The first kappa shape index (κ1) is 18.8. The van der Waals surface area contributed by atoms with Gasteiger partial charge in [0.1, 0.15) is 12.6 Å². The Labute approximate surface area is 171 Å². The lowest BCUT2D eigenvalue weighted by Crippen LogP contribution is -2.29. The van der Waals surface area contributed by atoms with Crippen molar-refractivity contribution in [1.29, 1.82) is 0 Å². The summed E-state index contributed by atoms with van der Waals surface area (Å²) in [5, 5.41) is 10.5. The Morgan fingerprint density at radius 3 is 2.82 bits per heavy atom. The van der Waals surface area contributed by atoms with Crippen molar-refractivity contribution in [3.05, 3.63) is 69.6 Å². The van der Waals surface area contributed by atoms with Crippen LogP contribution in [0.15, 0.2) is 64.3 Å². The second-order valence-corrected chi connectivity index (χ2v) is 8.45. The molecule has 6 nitrogen and oxygen atoms in total. The number of thioether (sulfide) groups is 1. The van der Waals surface area contributed by atoms with Crippen LogP contribution in [-0.2, 0) is 16.1 Å². The fourth-order valence-electron chi connectivity index (χ4n) is 3.10. The van der Waals surface area contributed by atoms with E-state index in [9.17, 15) is 4.79 Å². The minimum absolute atomic E-state index is 0.231. The average molecular weight is 413 g/mol. The second-order valence-electron chi connectivity index (χ2n) is 6.24. The van der Waals surface area contributed by atoms with Crippen LogP contribution in [-0.4, -0.2) is 26.5 Å². The summed E-state index contributed by atoms with van der Waals surface area (Å²) in [4.78, 5) is 18.6. The van der Waals surface area contributed by atoms with E-state index in [-0.39, 0.29) is 18.6 Å². The first-order valence-corrected chi connectivity index (χ1v) is 10.9. The quantitative estimate of drug-likeness (QED) is 0.475. The van der Waals surface area contributed by atoms with Gasteiger partial charge >= 0.3 is 5.97 Å². The van der Waals surface area contributed by atoms with Gasteiger partial charge in [-0.1, -0.05) is 55.1 Å². The fraction of sp³-hybridized carbons (Fsp3) is 0.250. The van der Waals surface area contributed by atoms with Crippen LogP contribution in [0.25, 0.3) is 0 Å². The standard InChI is InChI=1S/C20H20N4O2S2/c1-3-27-20-22-19-21-13(2)16(17(24(19)23-20)15-10-7-11-28-15)18(25)26-12-14-8-5-4-6-9-14/h4-11,17H,3,12H2,1-2H3,(H,21,22,23). The number of anilines is 1. The normalized spacial score (nSPS) is 15.9. The Balaban J connectivity index is 1.66. The van der Waals surface area contributed by atoms with Crippen LogP contribution in [0.3, 0.4) is 0 Å². The average Bonchev–Trinajstić information content (AvgIpc) is 3.36. The van der Waals surface area contributed by atoms with Crippen LogP contribution in [0.2, 0.25) is 0 Å². The van der Waals surface area contributed by atoms with Gasteiger partial charge in [-0.25, -0.2) is 9.48 Å². The van der Waals surface area contributed by atoms with Crippen LogP contribution >= 0.6 is 23.1 Å². The van der Waals surface area contributed by atoms with Gasteiger partial charge < -0.3 is 10.1 Å². The molecule has 1 N–H and O–H groups in total. The van der Waals surface area contributed by atoms with Crippen LogP contribution in [0.1, 0.15) is 30.3 Å². The molecule has 3 heterocycles. The molecule has 0 aliphatic carbocycles. The number of fused-ring (bicyclic) bond motifs is 1. The number of thiophene rings is 1. The van der Waals surface area contributed by atoms with E-state index in [0.29, 0.717) is 16.7 Å². The number of ether oxygens (including phenoxy) is 1. The van der Waals surface area contributed by atoms with E-state index in [1.54, 1.807) is 27.8 Å². The second kappa shape index (κ2) is 8.20. The molecule has 1 unspecified atom stereocenters.